The van der Waals surface area contributed by atoms with E-state index in [-0.39, 0.29) is 5.91 Å². The van der Waals surface area contributed by atoms with E-state index >= 15 is 0 Å². The van der Waals surface area contributed by atoms with Crippen LogP contribution in [-0.2, 0) is 19.6 Å². The number of hydrogen-bond acceptors (Lipinski definition) is 3. The lowest BCUT2D eigenvalue weighted by atomic mass is 10.1. The molecule has 0 saturated heterocycles. The van der Waals surface area contributed by atoms with Crippen molar-refractivity contribution in [3.05, 3.63) is 88.5 Å². The molecule has 0 aliphatic carbocycles. The normalized spacial score (nSPS) is 10.7. The first-order valence-electron chi connectivity index (χ1n) is 8.70. The molecule has 0 fully saturated rings. The first-order valence-corrected chi connectivity index (χ1v) is 8.70. The van der Waals surface area contributed by atoms with Crippen LogP contribution in [0.15, 0.2) is 54.9 Å². The molecule has 5 nitrogen and oxygen atoms in total. The number of hydrogen-bond donors (Lipinski definition) is 2. The summed E-state index contributed by atoms with van der Waals surface area (Å²) in [6.07, 6.45) is 3.57. The van der Waals surface area contributed by atoms with Gasteiger partial charge < -0.3 is 15.6 Å². The van der Waals surface area contributed by atoms with E-state index in [1.807, 2.05) is 56.3 Å². The molecule has 0 radical (unpaired) electrons. The van der Waals surface area contributed by atoms with Gasteiger partial charge in [-0.05, 0) is 48.7 Å². The average Bonchev–Trinajstić information content (AvgIpc) is 2.95. The maximum absolute atomic E-state index is 12.6. The average molecular weight is 348 g/mol. The van der Waals surface area contributed by atoms with Gasteiger partial charge in [-0.25, -0.2) is 0 Å². The first kappa shape index (κ1) is 17.9. The van der Waals surface area contributed by atoms with E-state index in [0.29, 0.717) is 13.1 Å². The van der Waals surface area contributed by atoms with E-state index in [9.17, 15) is 4.79 Å². The molecule has 1 amide bonds. The highest BCUT2D eigenvalue weighted by Gasteiger charge is 2.15. The Morgan fingerprint density at radius 1 is 1.04 bits per heavy atom. The number of aryl methyl sites for hydroxylation is 1. The van der Waals surface area contributed by atoms with E-state index in [1.54, 1.807) is 12.4 Å². The van der Waals surface area contributed by atoms with Gasteiger partial charge in [-0.2, -0.15) is 0 Å². The molecule has 26 heavy (non-hydrogen) atoms. The Kier molecular flexibility index (Phi) is 5.49. The predicted molar refractivity (Wildman–Crippen MR) is 103 cm³/mol. The molecule has 2 aromatic heterocycles. The lowest BCUT2D eigenvalue weighted by Crippen LogP contribution is -2.23. The molecule has 5 heteroatoms. The van der Waals surface area contributed by atoms with Gasteiger partial charge in [0.25, 0.3) is 5.91 Å². The number of nitrogens with one attached hydrogen (secondary N) is 1. The van der Waals surface area contributed by atoms with Crippen LogP contribution in [-0.4, -0.2) is 15.5 Å². The summed E-state index contributed by atoms with van der Waals surface area (Å²) >= 11 is 0. The van der Waals surface area contributed by atoms with Crippen molar-refractivity contribution in [3.8, 4) is 0 Å². The molecule has 0 atom stereocenters. The molecule has 0 unspecified atom stereocenters. The minimum Gasteiger partial charge on any atom is -0.348 e. The molecular formula is C21H24N4O. The number of carbonyl (C=O) groups is 1. The van der Waals surface area contributed by atoms with Crippen molar-refractivity contribution >= 4 is 5.91 Å². The van der Waals surface area contributed by atoms with Gasteiger partial charge in [-0.15, -0.1) is 0 Å². The van der Waals surface area contributed by atoms with Gasteiger partial charge in [-0.1, -0.05) is 24.3 Å². The third-order valence-corrected chi connectivity index (χ3v) is 4.62. The van der Waals surface area contributed by atoms with Gasteiger partial charge in [-0.3, -0.25) is 9.78 Å². The number of benzene rings is 1. The third-order valence-electron chi connectivity index (χ3n) is 4.62. The minimum atomic E-state index is -0.0537. The molecule has 134 valence electrons. The summed E-state index contributed by atoms with van der Waals surface area (Å²) < 4.78 is 2.15. The molecule has 0 saturated carbocycles. The molecule has 3 N–H and O–H groups in total. The van der Waals surface area contributed by atoms with E-state index in [0.717, 1.165) is 40.2 Å². The van der Waals surface area contributed by atoms with E-state index in [1.165, 1.54) is 0 Å². The van der Waals surface area contributed by atoms with Crippen LogP contribution in [0.3, 0.4) is 0 Å². The minimum absolute atomic E-state index is 0.0537. The summed E-state index contributed by atoms with van der Waals surface area (Å²) in [5, 5.41) is 3.00. The lowest BCUT2D eigenvalue weighted by Gasteiger charge is -2.10. The summed E-state index contributed by atoms with van der Waals surface area (Å²) in [6.45, 7) is 5.76. The number of aromatic nitrogens is 2. The fraction of sp³-hybridized carbons (Fsp3) is 0.238. The second-order valence-corrected chi connectivity index (χ2v) is 6.43. The van der Waals surface area contributed by atoms with Gasteiger partial charge in [0.15, 0.2) is 0 Å². The van der Waals surface area contributed by atoms with Crippen molar-refractivity contribution in [2.45, 2.75) is 33.5 Å². The zero-order chi connectivity index (χ0) is 18.5. The van der Waals surface area contributed by atoms with E-state index < -0.39 is 0 Å². The number of nitrogens with two attached hydrogens (primary N) is 1. The maximum atomic E-state index is 12.6. The number of carbonyl (C=O) groups excluding carboxylic acids is 1. The number of pyridine rings is 1. The van der Waals surface area contributed by atoms with Crippen LogP contribution in [0.5, 0.6) is 0 Å². The fourth-order valence-electron chi connectivity index (χ4n) is 3.02. The molecule has 0 aliphatic rings. The van der Waals surface area contributed by atoms with E-state index in [4.69, 9.17) is 5.73 Å². The van der Waals surface area contributed by atoms with Gasteiger partial charge in [0.1, 0.15) is 0 Å². The maximum Gasteiger partial charge on any atom is 0.253 e. The predicted octanol–water partition coefficient (Wildman–Crippen LogP) is 2.94. The summed E-state index contributed by atoms with van der Waals surface area (Å²) in [4.78, 5) is 16.7. The smallest absolute Gasteiger partial charge is 0.253 e. The number of nitrogens with zero attached hydrogens (tertiary/aromatic N) is 2. The molecule has 1 aromatic carbocycles. The van der Waals surface area contributed by atoms with E-state index in [2.05, 4.69) is 14.9 Å². The largest absolute Gasteiger partial charge is 0.348 e. The van der Waals surface area contributed by atoms with Crippen molar-refractivity contribution in [2.75, 3.05) is 0 Å². The van der Waals surface area contributed by atoms with Gasteiger partial charge in [0.05, 0.1) is 5.56 Å². The first-order chi connectivity index (χ1) is 12.6. The fourth-order valence-corrected chi connectivity index (χ4v) is 3.02. The summed E-state index contributed by atoms with van der Waals surface area (Å²) in [6, 6.07) is 13.9. The van der Waals surface area contributed by atoms with Crippen LogP contribution >= 0.6 is 0 Å². The van der Waals surface area contributed by atoms with Crippen molar-refractivity contribution in [1.82, 2.24) is 14.9 Å². The van der Waals surface area contributed by atoms with Crippen LogP contribution < -0.4 is 11.1 Å². The molecule has 0 spiro atoms. The summed E-state index contributed by atoms with van der Waals surface area (Å²) in [7, 11) is 0. The Morgan fingerprint density at radius 3 is 2.35 bits per heavy atom. The van der Waals surface area contributed by atoms with Crippen LogP contribution in [0.25, 0.3) is 0 Å². The highest BCUT2D eigenvalue weighted by Crippen LogP contribution is 2.17. The Morgan fingerprint density at radius 2 is 1.69 bits per heavy atom. The Labute approximate surface area is 153 Å². The van der Waals surface area contributed by atoms with Crippen molar-refractivity contribution in [2.24, 2.45) is 5.73 Å². The second-order valence-electron chi connectivity index (χ2n) is 6.43. The lowest BCUT2D eigenvalue weighted by molar-refractivity contribution is 0.0950. The number of amides is 1. The highest BCUT2D eigenvalue weighted by atomic mass is 16.1. The van der Waals surface area contributed by atoms with Crippen molar-refractivity contribution < 1.29 is 4.79 Å². The second kappa shape index (κ2) is 7.97. The Bertz CT molecular complexity index is 882. The molecule has 0 aliphatic heterocycles. The standard InChI is InChI=1S/C21H24N4O/c1-15-11-20(16(2)25(15)14-19-7-9-23-10-8-19)21(26)24-13-18-5-3-17(12-22)4-6-18/h3-11H,12-14,22H2,1-2H3,(H,24,26). The van der Waals surface area contributed by atoms with Crippen molar-refractivity contribution in [3.63, 3.8) is 0 Å². The van der Waals surface area contributed by atoms with Crippen LogP contribution in [0, 0.1) is 13.8 Å². The van der Waals surface area contributed by atoms with Crippen LogP contribution in [0.1, 0.15) is 38.4 Å². The zero-order valence-corrected chi connectivity index (χ0v) is 15.2. The molecule has 3 aromatic rings. The highest BCUT2D eigenvalue weighted by molar-refractivity contribution is 5.95. The third kappa shape index (κ3) is 4.00. The quantitative estimate of drug-likeness (QED) is 0.719. The molecular weight excluding hydrogens is 324 g/mol. The number of rotatable bonds is 6. The summed E-state index contributed by atoms with van der Waals surface area (Å²) in [5.74, 6) is -0.0537. The van der Waals surface area contributed by atoms with Crippen molar-refractivity contribution in [1.29, 1.82) is 0 Å². The summed E-state index contributed by atoms with van der Waals surface area (Å²) in [5.41, 5.74) is 11.7. The Hall–Kier alpha value is -2.92. The zero-order valence-electron chi connectivity index (χ0n) is 15.2. The van der Waals surface area contributed by atoms with Crippen LogP contribution in [0.4, 0.5) is 0 Å². The molecule has 2 heterocycles. The molecule has 0 bridgehead atoms. The molecule has 3 rings (SSSR count). The van der Waals surface area contributed by atoms with Gasteiger partial charge in [0, 0.05) is 43.4 Å². The topological polar surface area (TPSA) is 72.9 Å². The van der Waals surface area contributed by atoms with Gasteiger partial charge in [0.2, 0.25) is 0 Å². The Balaban J connectivity index is 1.70. The monoisotopic (exact) mass is 348 g/mol. The SMILES string of the molecule is Cc1cc(C(=O)NCc2ccc(CN)cc2)c(C)n1Cc1ccncc1. The van der Waals surface area contributed by atoms with Gasteiger partial charge >= 0.3 is 0 Å². The van der Waals surface area contributed by atoms with Crippen LogP contribution in [0.2, 0.25) is 0 Å².